The highest BCUT2D eigenvalue weighted by molar-refractivity contribution is 5.99. The number of aromatic nitrogens is 1. The number of hydrogen-bond acceptors (Lipinski definition) is 4. The summed E-state index contributed by atoms with van der Waals surface area (Å²) >= 11 is 0. The normalized spacial score (nSPS) is 20.8. The number of rotatable bonds is 4. The van der Waals surface area contributed by atoms with E-state index in [1.807, 2.05) is 0 Å². The van der Waals surface area contributed by atoms with E-state index in [0.29, 0.717) is 42.9 Å². The molecule has 2 fully saturated rings. The molecule has 1 atom stereocenters. The molecule has 2 amide bonds. The van der Waals surface area contributed by atoms with Crippen LogP contribution in [0.25, 0.3) is 0 Å². The molecule has 0 bridgehead atoms. The highest BCUT2D eigenvalue weighted by Crippen LogP contribution is 2.51. The van der Waals surface area contributed by atoms with E-state index in [0.717, 1.165) is 6.42 Å². The average Bonchev–Trinajstić information content (AvgIpc) is 3.08. The molecule has 1 N–H and O–H groups in total. The minimum Gasteiger partial charge on any atom is -0.360 e. The number of carbonyl (C=O) groups excluding carboxylic acids is 2. The first-order valence-corrected chi connectivity index (χ1v) is 8.81. The zero-order valence-electron chi connectivity index (χ0n) is 14.5. The topological polar surface area (TPSA) is 75.4 Å². The molecule has 26 heavy (non-hydrogen) atoms. The molecular weight excluding hydrogens is 337 g/mol. The van der Waals surface area contributed by atoms with Crippen molar-refractivity contribution in [3.63, 3.8) is 0 Å². The van der Waals surface area contributed by atoms with Gasteiger partial charge in [0.2, 0.25) is 11.8 Å². The second-order valence-corrected chi connectivity index (χ2v) is 7.03. The van der Waals surface area contributed by atoms with Crippen LogP contribution in [0.15, 0.2) is 34.9 Å². The first kappa shape index (κ1) is 16.8. The van der Waals surface area contributed by atoms with Gasteiger partial charge >= 0.3 is 0 Å². The Kier molecular flexibility index (Phi) is 4.01. The SMILES string of the molecule is Cc1cc(NC(=O)C2CCCN2C(=O)C2(c3ccccc3F)CC2)no1. The Hall–Kier alpha value is -2.70. The van der Waals surface area contributed by atoms with E-state index in [1.54, 1.807) is 36.1 Å². The van der Waals surface area contributed by atoms with Crippen LogP contribution < -0.4 is 5.32 Å². The summed E-state index contributed by atoms with van der Waals surface area (Å²) in [6, 6.07) is 7.47. The summed E-state index contributed by atoms with van der Waals surface area (Å²) in [4.78, 5) is 27.4. The van der Waals surface area contributed by atoms with Crippen LogP contribution in [0.3, 0.4) is 0 Å². The molecule has 1 saturated carbocycles. The number of aryl methyl sites for hydroxylation is 1. The Bertz CT molecular complexity index is 859. The van der Waals surface area contributed by atoms with E-state index >= 15 is 0 Å². The maximum atomic E-state index is 14.2. The van der Waals surface area contributed by atoms with Crippen LogP contribution in [0.1, 0.15) is 37.0 Å². The van der Waals surface area contributed by atoms with Crippen LogP contribution in [0, 0.1) is 12.7 Å². The number of likely N-dealkylation sites (tertiary alicyclic amines) is 1. The van der Waals surface area contributed by atoms with Gasteiger partial charge in [0.15, 0.2) is 5.82 Å². The number of nitrogens with zero attached hydrogens (tertiary/aromatic N) is 2. The third-order valence-electron chi connectivity index (χ3n) is 5.24. The van der Waals surface area contributed by atoms with Crippen molar-refractivity contribution < 1.29 is 18.5 Å². The Morgan fingerprint density at radius 1 is 1.35 bits per heavy atom. The van der Waals surface area contributed by atoms with Crippen LogP contribution in [0.5, 0.6) is 0 Å². The molecule has 4 rings (SSSR count). The lowest BCUT2D eigenvalue weighted by Gasteiger charge is -2.28. The predicted octanol–water partition coefficient (Wildman–Crippen LogP) is 2.78. The monoisotopic (exact) mass is 357 g/mol. The van der Waals surface area contributed by atoms with Crippen molar-refractivity contribution in [3.8, 4) is 0 Å². The molecular formula is C19H20FN3O3. The summed E-state index contributed by atoms with van der Waals surface area (Å²) in [5.74, 6) is 0.125. The van der Waals surface area contributed by atoms with E-state index in [9.17, 15) is 14.0 Å². The fourth-order valence-electron chi connectivity index (χ4n) is 3.76. The van der Waals surface area contributed by atoms with Gasteiger partial charge in [-0.15, -0.1) is 0 Å². The Balaban J connectivity index is 1.54. The van der Waals surface area contributed by atoms with Crippen molar-refractivity contribution in [3.05, 3.63) is 47.5 Å². The number of amides is 2. The predicted molar refractivity (Wildman–Crippen MR) is 91.9 cm³/mol. The molecule has 7 heteroatoms. The van der Waals surface area contributed by atoms with Crippen molar-refractivity contribution in [1.29, 1.82) is 0 Å². The van der Waals surface area contributed by atoms with Crippen molar-refractivity contribution in [2.45, 2.75) is 44.1 Å². The molecule has 1 saturated heterocycles. The summed E-state index contributed by atoms with van der Waals surface area (Å²) in [6.45, 7) is 2.24. The number of halogens is 1. The fraction of sp³-hybridized carbons (Fsp3) is 0.421. The van der Waals surface area contributed by atoms with E-state index < -0.39 is 11.5 Å². The number of anilines is 1. The fourth-order valence-corrected chi connectivity index (χ4v) is 3.76. The first-order valence-electron chi connectivity index (χ1n) is 8.81. The molecule has 2 aromatic rings. The third-order valence-corrected chi connectivity index (χ3v) is 5.24. The van der Waals surface area contributed by atoms with Crippen LogP contribution in [0.2, 0.25) is 0 Å². The summed E-state index contributed by atoms with van der Waals surface area (Å²) in [7, 11) is 0. The number of hydrogen-bond donors (Lipinski definition) is 1. The van der Waals surface area contributed by atoms with Crippen LogP contribution in [0.4, 0.5) is 10.2 Å². The molecule has 1 unspecified atom stereocenters. The quantitative estimate of drug-likeness (QED) is 0.913. The molecule has 136 valence electrons. The van der Waals surface area contributed by atoms with Crippen LogP contribution >= 0.6 is 0 Å². The molecule has 2 heterocycles. The van der Waals surface area contributed by atoms with Gasteiger partial charge in [0.1, 0.15) is 17.6 Å². The summed E-state index contributed by atoms with van der Waals surface area (Å²) < 4.78 is 19.2. The number of benzene rings is 1. The van der Waals surface area contributed by atoms with Gasteiger partial charge in [0.05, 0.1) is 5.41 Å². The minimum atomic E-state index is -0.821. The maximum absolute atomic E-state index is 14.2. The molecule has 0 spiro atoms. The van der Waals surface area contributed by atoms with Crippen molar-refractivity contribution in [2.24, 2.45) is 0 Å². The smallest absolute Gasteiger partial charge is 0.248 e. The highest BCUT2D eigenvalue weighted by atomic mass is 19.1. The Labute approximate surface area is 150 Å². The van der Waals surface area contributed by atoms with Gasteiger partial charge in [-0.25, -0.2) is 4.39 Å². The average molecular weight is 357 g/mol. The van der Waals surface area contributed by atoms with Crippen molar-refractivity contribution in [2.75, 3.05) is 11.9 Å². The van der Waals surface area contributed by atoms with Gasteiger partial charge in [-0.3, -0.25) is 9.59 Å². The lowest BCUT2D eigenvalue weighted by Crippen LogP contribution is -2.47. The van der Waals surface area contributed by atoms with Gasteiger partial charge in [0.25, 0.3) is 0 Å². The van der Waals surface area contributed by atoms with Gasteiger partial charge in [0, 0.05) is 18.2 Å². The second-order valence-electron chi connectivity index (χ2n) is 7.03. The third kappa shape index (κ3) is 2.77. The van der Waals surface area contributed by atoms with E-state index in [-0.39, 0.29) is 17.6 Å². The molecule has 1 aliphatic heterocycles. The zero-order valence-corrected chi connectivity index (χ0v) is 14.5. The van der Waals surface area contributed by atoms with E-state index in [2.05, 4.69) is 10.5 Å². The van der Waals surface area contributed by atoms with E-state index in [4.69, 9.17) is 4.52 Å². The maximum Gasteiger partial charge on any atom is 0.248 e. The van der Waals surface area contributed by atoms with Gasteiger partial charge < -0.3 is 14.7 Å². The molecule has 0 radical (unpaired) electrons. The van der Waals surface area contributed by atoms with Crippen molar-refractivity contribution in [1.82, 2.24) is 10.1 Å². The first-order chi connectivity index (χ1) is 12.5. The molecule has 1 aliphatic carbocycles. The van der Waals surface area contributed by atoms with Crippen LogP contribution in [-0.2, 0) is 15.0 Å². The van der Waals surface area contributed by atoms with Gasteiger partial charge in [-0.1, -0.05) is 23.4 Å². The molecule has 2 aliphatic rings. The largest absolute Gasteiger partial charge is 0.360 e. The number of carbonyl (C=O) groups is 2. The standard InChI is InChI=1S/C19H20FN3O3/c1-12-11-16(22-26-12)21-17(24)15-7-4-10-23(15)18(25)19(8-9-19)13-5-2-3-6-14(13)20/h2-3,5-6,11,15H,4,7-10H2,1H3,(H,21,22,24). The zero-order chi connectivity index (χ0) is 18.3. The molecule has 1 aromatic carbocycles. The minimum absolute atomic E-state index is 0.156. The Morgan fingerprint density at radius 3 is 2.77 bits per heavy atom. The number of nitrogens with one attached hydrogen (secondary N) is 1. The molecule has 1 aromatic heterocycles. The van der Waals surface area contributed by atoms with Gasteiger partial charge in [-0.2, -0.15) is 0 Å². The van der Waals surface area contributed by atoms with Gasteiger partial charge in [-0.05, 0) is 38.7 Å². The van der Waals surface area contributed by atoms with E-state index in [1.165, 1.54) is 6.07 Å². The second kappa shape index (κ2) is 6.23. The van der Waals surface area contributed by atoms with Crippen LogP contribution in [-0.4, -0.2) is 34.5 Å². The van der Waals surface area contributed by atoms with Crippen molar-refractivity contribution >= 4 is 17.6 Å². The lowest BCUT2D eigenvalue weighted by molar-refractivity contribution is -0.138. The summed E-state index contributed by atoms with van der Waals surface area (Å²) in [5, 5.41) is 6.46. The Morgan fingerprint density at radius 2 is 2.12 bits per heavy atom. The lowest BCUT2D eigenvalue weighted by atomic mass is 9.93. The summed E-state index contributed by atoms with van der Waals surface area (Å²) in [5.41, 5.74) is -0.387. The highest BCUT2D eigenvalue weighted by Gasteiger charge is 2.56. The molecule has 6 nitrogen and oxygen atoms in total. The summed E-state index contributed by atoms with van der Waals surface area (Å²) in [6.07, 6.45) is 2.55.